The summed E-state index contributed by atoms with van der Waals surface area (Å²) in [6.07, 6.45) is 2.87. The van der Waals surface area contributed by atoms with Crippen molar-refractivity contribution in [1.29, 1.82) is 0 Å². The molecule has 1 aromatic carbocycles. The van der Waals surface area contributed by atoms with Crippen molar-refractivity contribution in [3.05, 3.63) is 45.8 Å². The van der Waals surface area contributed by atoms with E-state index in [9.17, 15) is 13.2 Å². The zero-order valence-electron chi connectivity index (χ0n) is 18.8. The Bertz CT molecular complexity index is 1140. The van der Waals surface area contributed by atoms with Crippen LogP contribution in [0.4, 0.5) is 5.69 Å². The number of hydrogen-bond donors (Lipinski definition) is 0. The molecule has 0 aliphatic carbocycles. The average Bonchev–Trinajstić information content (AvgIpc) is 2.81. The molecule has 3 heterocycles. The molecule has 0 bridgehead atoms. The molecule has 2 saturated heterocycles. The fraction of sp³-hybridized carbons (Fsp3) is 0.545. The highest BCUT2D eigenvalue weighted by Gasteiger charge is 2.31. The first-order valence-corrected chi connectivity index (χ1v) is 13.0. The van der Waals surface area contributed by atoms with Crippen LogP contribution in [0.2, 0.25) is 5.02 Å². The van der Waals surface area contributed by atoms with Crippen LogP contribution in [0.15, 0.2) is 35.3 Å². The Hall–Kier alpha value is -2.14. The molecule has 0 spiro atoms. The molecule has 2 aliphatic heterocycles. The largest absolute Gasteiger partial charge is 0.483 e. The number of nitrogens with zero attached hydrogens (tertiary/aromatic N) is 4. The van der Waals surface area contributed by atoms with Gasteiger partial charge in [0.15, 0.2) is 0 Å². The zero-order valence-corrected chi connectivity index (χ0v) is 20.4. The summed E-state index contributed by atoms with van der Waals surface area (Å²) in [5.74, 6) is 0.219. The van der Waals surface area contributed by atoms with Crippen molar-refractivity contribution in [2.24, 2.45) is 0 Å². The third kappa shape index (κ3) is 5.18. The Kier molecular flexibility index (Phi) is 7.28. The first-order valence-electron chi connectivity index (χ1n) is 11.1. The van der Waals surface area contributed by atoms with Gasteiger partial charge in [-0.25, -0.2) is 8.42 Å². The molecule has 0 unspecified atom stereocenters. The number of ether oxygens (including phenoxy) is 2. The molecule has 2 aromatic rings. The normalized spacial score (nSPS) is 18.6. The number of rotatable bonds is 6. The first-order chi connectivity index (χ1) is 15.8. The predicted octanol–water partition coefficient (Wildman–Crippen LogP) is 2.30. The molecule has 1 aromatic heterocycles. The van der Waals surface area contributed by atoms with Crippen molar-refractivity contribution in [3.8, 4) is 11.4 Å². The van der Waals surface area contributed by atoms with Crippen molar-refractivity contribution in [1.82, 2.24) is 14.1 Å². The van der Waals surface area contributed by atoms with E-state index in [0.717, 1.165) is 0 Å². The third-order valence-corrected chi connectivity index (χ3v) is 8.47. The first kappa shape index (κ1) is 24.0. The summed E-state index contributed by atoms with van der Waals surface area (Å²) in [6.45, 7) is 6.10. The Morgan fingerprint density at radius 2 is 1.85 bits per heavy atom. The molecule has 9 nitrogen and oxygen atoms in total. The van der Waals surface area contributed by atoms with E-state index in [4.69, 9.17) is 21.1 Å². The molecule has 2 fully saturated rings. The summed E-state index contributed by atoms with van der Waals surface area (Å²) < 4.78 is 39.5. The Labute approximate surface area is 198 Å². The molecule has 180 valence electrons. The van der Waals surface area contributed by atoms with Crippen molar-refractivity contribution in [2.75, 3.05) is 44.3 Å². The van der Waals surface area contributed by atoms with Gasteiger partial charge in [0.1, 0.15) is 11.8 Å². The van der Waals surface area contributed by atoms with E-state index in [1.807, 2.05) is 4.90 Å². The maximum absolute atomic E-state index is 13.5. The molecule has 2 aliphatic rings. The summed E-state index contributed by atoms with van der Waals surface area (Å²) in [5, 5.41) is 4.41. The van der Waals surface area contributed by atoms with Gasteiger partial charge >= 0.3 is 5.56 Å². The van der Waals surface area contributed by atoms with E-state index in [1.54, 1.807) is 44.3 Å². The highest BCUT2D eigenvalue weighted by Crippen LogP contribution is 2.29. The second kappa shape index (κ2) is 10.0. The SMILES string of the molecule is CC(C)S(=O)(=O)N1CCN(c2cnn(-c3cccc(Cl)c3)c(=O)c2OC2CCOCC2)CC1. The van der Waals surface area contributed by atoms with Gasteiger partial charge in [0.25, 0.3) is 0 Å². The lowest BCUT2D eigenvalue weighted by Crippen LogP contribution is -2.50. The Morgan fingerprint density at radius 3 is 2.48 bits per heavy atom. The molecular weight excluding hydrogens is 468 g/mol. The van der Waals surface area contributed by atoms with Gasteiger partial charge in [0.2, 0.25) is 15.8 Å². The molecule has 0 N–H and O–H groups in total. The Balaban J connectivity index is 1.66. The standard InChI is InChI=1S/C22H29ClN4O5S/c1-16(2)33(29,30)26-10-8-25(9-11-26)20-15-24-27(18-5-3-4-17(23)14-18)22(28)21(20)32-19-6-12-31-13-7-19/h3-5,14-16,19H,6-13H2,1-2H3. The molecule has 0 saturated carbocycles. The van der Waals surface area contributed by atoms with Crippen LogP contribution in [-0.4, -0.2) is 73.3 Å². The van der Waals surface area contributed by atoms with Gasteiger partial charge < -0.3 is 14.4 Å². The van der Waals surface area contributed by atoms with Crippen molar-refractivity contribution >= 4 is 27.3 Å². The average molecular weight is 497 g/mol. The topological polar surface area (TPSA) is 94.0 Å². The highest BCUT2D eigenvalue weighted by atomic mass is 35.5. The molecule has 0 atom stereocenters. The van der Waals surface area contributed by atoms with E-state index >= 15 is 0 Å². The third-order valence-electron chi connectivity index (χ3n) is 5.96. The molecule has 0 amide bonds. The number of sulfonamides is 1. The molecule has 11 heteroatoms. The van der Waals surface area contributed by atoms with Crippen molar-refractivity contribution in [3.63, 3.8) is 0 Å². The van der Waals surface area contributed by atoms with E-state index < -0.39 is 15.3 Å². The second-order valence-electron chi connectivity index (χ2n) is 8.47. The monoisotopic (exact) mass is 496 g/mol. The van der Waals surface area contributed by atoms with Crippen molar-refractivity contribution < 1.29 is 17.9 Å². The van der Waals surface area contributed by atoms with E-state index in [1.165, 1.54) is 8.99 Å². The van der Waals surface area contributed by atoms with Crippen LogP contribution >= 0.6 is 11.6 Å². The number of hydrogen-bond acceptors (Lipinski definition) is 7. The van der Waals surface area contributed by atoms with Crippen LogP contribution in [0.25, 0.3) is 5.69 Å². The summed E-state index contributed by atoms with van der Waals surface area (Å²) in [7, 11) is -3.33. The van der Waals surface area contributed by atoms with Crippen LogP contribution in [0.1, 0.15) is 26.7 Å². The second-order valence-corrected chi connectivity index (χ2v) is 11.4. The summed E-state index contributed by atoms with van der Waals surface area (Å²) >= 11 is 6.12. The maximum Gasteiger partial charge on any atom is 0.316 e. The maximum atomic E-state index is 13.5. The number of anilines is 1. The van der Waals surface area contributed by atoms with Crippen LogP contribution in [0.5, 0.6) is 5.75 Å². The van der Waals surface area contributed by atoms with Crippen molar-refractivity contribution in [2.45, 2.75) is 38.0 Å². The fourth-order valence-corrected chi connectivity index (χ4v) is 5.45. The van der Waals surface area contributed by atoms with Gasteiger partial charge in [0.05, 0.1) is 30.3 Å². The fourth-order valence-electron chi connectivity index (χ4n) is 4.00. The van der Waals surface area contributed by atoms with Gasteiger partial charge in [-0.2, -0.15) is 14.1 Å². The van der Waals surface area contributed by atoms with Crippen LogP contribution < -0.4 is 15.2 Å². The number of aromatic nitrogens is 2. The van der Waals surface area contributed by atoms with Gasteiger partial charge in [-0.3, -0.25) is 4.79 Å². The highest BCUT2D eigenvalue weighted by molar-refractivity contribution is 7.89. The lowest BCUT2D eigenvalue weighted by Gasteiger charge is -2.36. The minimum atomic E-state index is -3.33. The lowest BCUT2D eigenvalue weighted by molar-refractivity contribution is 0.0249. The van der Waals surface area contributed by atoms with E-state index in [-0.39, 0.29) is 17.4 Å². The number of piperazine rings is 1. The van der Waals surface area contributed by atoms with Gasteiger partial charge in [-0.15, -0.1) is 0 Å². The summed E-state index contributed by atoms with van der Waals surface area (Å²) in [5.41, 5.74) is 0.744. The van der Waals surface area contributed by atoms with Crippen LogP contribution in [0, 0.1) is 0 Å². The summed E-state index contributed by atoms with van der Waals surface area (Å²) in [6, 6.07) is 6.92. The molecule has 0 radical (unpaired) electrons. The van der Waals surface area contributed by atoms with E-state index in [0.29, 0.717) is 68.6 Å². The molecule has 4 rings (SSSR count). The predicted molar refractivity (Wildman–Crippen MR) is 127 cm³/mol. The van der Waals surface area contributed by atoms with Gasteiger partial charge in [-0.1, -0.05) is 17.7 Å². The smallest absolute Gasteiger partial charge is 0.316 e. The van der Waals surface area contributed by atoms with Gasteiger partial charge in [-0.05, 0) is 32.0 Å². The minimum absolute atomic E-state index is 0.136. The van der Waals surface area contributed by atoms with Crippen LogP contribution in [0.3, 0.4) is 0 Å². The molecular formula is C22H29ClN4O5S. The number of benzene rings is 1. The Morgan fingerprint density at radius 1 is 1.15 bits per heavy atom. The minimum Gasteiger partial charge on any atom is -0.483 e. The quantitative estimate of drug-likeness (QED) is 0.605. The van der Waals surface area contributed by atoms with E-state index in [2.05, 4.69) is 5.10 Å². The van der Waals surface area contributed by atoms with Crippen LogP contribution in [-0.2, 0) is 14.8 Å². The lowest BCUT2D eigenvalue weighted by atomic mass is 10.1. The van der Waals surface area contributed by atoms with Gasteiger partial charge in [0, 0.05) is 44.0 Å². The summed E-state index contributed by atoms with van der Waals surface area (Å²) in [4.78, 5) is 15.5. The zero-order chi connectivity index (χ0) is 23.6. The molecule has 33 heavy (non-hydrogen) atoms. The number of halogens is 1.